The van der Waals surface area contributed by atoms with Gasteiger partial charge in [0, 0.05) is 0 Å². The van der Waals surface area contributed by atoms with Crippen LogP contribution in [0.25, 0.3) is 0 Å². The normalized spacial score (nSPS) is 23.9. The number of hydrogen-bond donors (Lipinski definition) is 1. The van der Waals surface area contributed by atoms with Gasteiger partial charge in [0.15, 0.2) is 0 Å². The monoisotopic (exact) mass is 265 g/mol. The highest BCUT2D eigenvalue weighted by Crippen LogP contribution is 2.53. The van der Waals surface area contributed by atoms with E-state index in [0.717, 1.165) is 6.42 Å². The van der Waals surface area contributed by atoms with Crippen LogP contribution in [0.15, 0.2) is 22.3 Å². The molecule has 1 amide bonds. The molecule has 0 bridgehead atoms. The molecule has 0 aromatic rings. The van der Waals surface area contributed by atoms with Crippen LogP contribution in [0.2, 0.25) is 18.1 Å². The Morgan fingerprint density at radius 1 is 1.28 bits per heavy atom. The molecular weight excluding hydrogens is 238 g/mol. The van der Waals surface area contributed by atoms with E-state index in [1.165, 1.54) is 22.3 Å². The van der Waals surface area contributed by atoms with Crippen molar-refractivity contribution in [2.24, 2.45) is 11.7 Å². The molecule has 0 aromatic heterocycles. The van der Waals surface area contributed by atoms with E-state index < -0.39 is 8.80 Å². The van der Waals surface area contributed by atoms with E-state index in [4.69, 9.17) is 5.73 Å². The number of amides is 1. The number of hydrogen-bond acceptors (Lipinski definition) is 1. The summed E-state index contributed by atoms with van der Waals surface area (Å²) in [6.45, 7) is 15.3. The second-order valence-corrected chi connectivity index (χ2v) is 9.21. The van der Waals surface area contributed by atoms with Crippen LogP contribution in [-0.4, -0.2) is 14.7 Å². The molecule has 0 aliphatic heterocycles. The van der Waals surface area contributed by atoms with Gasteiger partial charge in [-0.1, -0.05) is 32.5 Å². The smallest absolute Gasteiger partial charge is 0.224 e. The average molecular weight is 265 g/mol. The fourth-order valence-corrected chi connectivity index (χ4v) is 6.06. The Morgan fingerprint density at radius 2 is 1.78 bits per heavy atom. The second-order valence-electron chi connectivity index (χ2n) is 5.91. The van der Waals surface area contributed by atoms with E-state index >= 15 is 0 Å². The zero-order chi connectivity index (χ0) is 14.2. The van der Waals surface area contributed by atoms with Crippen molar-refractivity contribution < 1.29 is 4.79 Å². The van der Waals surface area contributed by atoms with Crippen molar-refractivity contribution in [1.29, 1.82) is 0 Å². The SMILES string of the molecule is CCC(C(N)=O)(C1=C(C)C(C)=C(C)C1C)[SiH](C)C. The van der Waals surface area contributed by atoms with Crippen molar-refractivity contribution in [3.05, 3.63) is 22.3 Å². The topological polar surface area (TPSA) is 43.1 Å². The fraction of sp³-hybridized carbons (Fsp3) is 0.667. The molecule has 2 atom stereocenters. The van der Waals surface area contributed by atoms with Crippen molar-refractivity contribution in [2.75, 3.05) is 0 Å². The first-order valence-electron chi connectivity index (χ1n) is 6.90. The Balaban J connectivity index is 3.48. The lowest BCUT2D eigenvalue weighted by Crippen LogP contribution is -2.42. The Labute approximate surface area is 113 Å². The minimum absolute atomic E-state index is 0.115. The van der Waals surface area contributed by atoms with Crippen LogP contribution >= 0.6 is 0 Å². The first-order valence-corrected chi connectivity index (χ1v) is 9.79. The zero-order valence-electron chi connectivity index (χ0n) is 12.8. The van der Waals surface area contributed by atoms with Crippen molar-refractivity contribution in [2.45, 2.75) is 59.2 Å². The molecule has 1 rings (SSSR count). The minimum Gasteiger partial charge on any atom is -0.369 e. The van der Waals surface area contributed by atoms with Gasteiger partial charge < -0.3 is 5.73 Å². The van der Waals surface area contributed by atoms with Gasteiger partial charge in [-0.15, -0.1) is 0 Å². The molecule has 2 unspecified atom stereocenters. The summed E-state index contributed by atoms with van der Waals surface area (Å²) in [6, 6.07) is 0. The lowest BCUT2D eigenvalue weighted by Gasteiger charge is -2.38. The molecule has 1 aliphatic rings. The Hall–Kier alpha value is -0.833. The van der Waals surface area contributed by atoms with Gasteiger partial charge in [-0.2, -0.15) is 0 Å². The summed E-state index contributed by atoms with van der Waals surface area (Å²) in [5.41, 5.74) is 11.2. The predicted octanol–water partition coefficient (Wildman–Crippen LogP) is 3.41. The van der Waals surface area contributed by atoms with Gasteiger partial charge in [0.25, 0.3) is 0 Å². The summed E-state index contributed by atoms with van der Waals surface area (Å²) in [4.78, 5) is 12.2. The number of rotatable bonds is 4. The summed E-state index contributed by atoms with van der Waals surface area (Å²) in [6.07, 6.45) is 0.837. The molecule has 1 aliphatic carbocycles. The first-order chi connectivity index (χ1) is 8.21. The highest BCUT2D eigenvalue weighted by Gasteiger charge is 2.47. The second kappa shape index (κ2) is 5.04. The third kappa shape index (κ3) is 1.89. The van der Waals surface area contributed by atoms with Crippen LogP contribution in [-0.2, 0) is 4.79 Å². The van der Waals surface area contributed by atoms with Gasteiger partial charge in [-0.3, -0.25) is 4.79 Å². The van der Waals surface area contributed by atoms with Crippen LogP contribution in [0.1, 0.15) is 41.0 Å². The maximum absolute atomic E-state index is 12.2. The quantitative estimate of drug-likeness (QED) is 0.778. The van der Waals surface area contributed by atoms with E-state index in [1.54, 1.807) is 0 Å². The Bertz CT molecular complexity index is 434. The van der Waals surface area contributed by atoms with E-state index in [2.05, 4.69) is 47.7 Å². The molecule has 3 heteroatoms. The molecule has 2 nitrogen and oxygen atoms in total. The predicted molar refractivity (Wildman–Crippen MR) is 81.3 cm³/mol. The van der Waals surface area contributed by atoms with Gasteiger partial charge in [0.1, 0.15) is 0 Å². The number of allylic oxidation sites excluding steroid dienone is 3. The van der Waals surface area contributed by atoms with Crippen molar-refractivity contribution >= 4 is 14.7 Å². The molecule has 0 heterocycles. The lowest BCUT2D eigenvalue weighted by atomic mass is 9.84. The van der Waals surface area contributed by atoms with Gasteiger partial charge >= 0.3 is 0 Å². The fourth-order valence-electron chi connectivity index (χ4n) is 3.59. The van der Waals surface area contributed by atoms with Crippen LogP contribution < -0.4 is 5.73 Å². The Morgan fingerprint density at radius 3 is 2.00 bits per heavy atom. The molecule has 0 saturated heterocycles. The minimum atomic E-state index is -1.22. The van der Waals surface area contributed by atoms with E-state index in [1.807, 2.05) is 0 Å². The highest BCUT2D eigenvalue weighted by molar-refractivity contribution is 6.65. The largest absolute Gasteiger partial charge is 0.369 e. The number of primary amides is 1. The standard InChI is InChI=1S/C15H27NOSi/c1-8-15(14(16)17,18(6)7)13-11(4)9(2)10(3)12(13)5/h11,18H,8H2,1-7H3,(H2,16,17). The number of carbonyl (C=O) groups is 1. The molecule has 102 valence electrons. The molecule has 0 spiro atoms. The number of carbonyl (C=O) groups excluding carboxylic acids is 1. The van der Waals surface area contributed by atoms with Crippen molar-refractivity contribution in [1.82, 2.24) is 0 Å². The van der Waals surface area contributed by atoms with Gasteiger partial charge in [0.2, 0.25) is 5.91 Å². The van der Waals surface area contributed by atoms with Crippen molar-refractivity contribution in [3.63, 3.8) is 0 Å². The summed E-state index contributed by atoms with van der Waals surface area (Å²) in [5.74, 6) is 0.253. The highest BCUT2D eigenvalue weighted by atomic mass is 28.3. The summed E-state index contributed by atoms with van der Waals surface area (Å²) in [5, 5.41) is -0.359. The first kappa shape index (κ1) is 15.2. The maximum Gasteiger partial charge on any atom is 0.224 e. The van der Waals surface area contributed by atoms with Crippen molar-refractivity contribution in [3.8, 4) is 0 Å². The maximum atomic E-state index is 12.2. The molecule has 0 radical (unpaired) electrons. The number of nitrogens with two attached hydrogens (primary N) is 1. The molecule has 0 fully saturated rings. The molecular formula is C15H27NOSi. The van der Waals surface area contributed by atoms with E-state index in [9.17, 15) is 4.79 Å². The van der Waals surface area contributed by atoms with Crippen LogP contribution in [0, 0.1) is 5.92 Å². The lowest BCUT2D eigenvalue weighted by molar-refractivity contribution is -0.120. The molecule has 18 heavy (non-hydrogen) atoms. The molecule has 0 aromatic carbocycles. The van der Waals surface area contributed by atoms with Crippen LogP contribution in [0.5, 0.6) is 0 Å². The zero-order valence-corrected chi connectivity index (χ0v) is 14.0. The van der Waals surface area contributed by atoms with Crippen LogP contribution in [0.4, 0.5) is 0 Å². The van der Waals surface area contributed by atoms with E-state index in [0.29, 0.717) is 5.92 Å². The van der Waals surface area contributed by atoms with Gasteiger partial charge in [-0.25, -0.2) is 0 Å². The third-order valence-electron chi connectivity index (χ3n) is 5.10. The third-order valence-corrected chi connectivity index (χ3v) is 8.08. The molecule has 0 saturated carbocycles. The average Bonchev–Trinajstić information content (AvgIpc) is 2.47. The summed E-state index contributed by atoms with van der Waals surface area (Å²) in [7, 11) is -1.22. The Kier molecular flexibility index (Phi) is 4.26. The van der Waals surface area contributed by atoms with E-state index in [-0.39, 0.29) is 10.9 Å². The summed E-state index contributed by atoms with van der Waals surface area (Å²) < 4.78 is 0. The summed E-state index contributed by atoms with van der Waals surface area (Å²) >= 11 is 0. The van der Waals surface area contributed by atoms with Gasteiger partial charge in [-0.05, 0) is 49.8 Å². The molecule has 2 N–H and O–H groups in total. The van der Waals surface area contributed by atoms with Crippen LogP contribution in [0.3, 0.4) is 0 Å². The van der Waals surface area contributed by atoms with Gasteiger partial charge in [0.05, 0.1) is 13.8 Å².